The third kappa shape index (κ3) is 9.59. The van der Waals surface area contributed by atoms with Gasteiger partial charge in [0.25, 0.3) is 0 Å². The Kier molecular flexibility index (Phi) is 12.2. The number of nitrogens with zero attached hydrogens (tertiary/aromatic N) is 3. The zero-order valence-corrected chi connectivity index (χ0v) is 24.8. The van der Waals surface area contributed by atoms with Crippen LogP contribution in [0, 0.1) is 0 Å². The van der Waals surface area contributed by atoms with Crippen molar-refractivity contribution in [3.8, 4) is 11.5 Å². The Morgan fingerprint density at radius 2 is 1.91 bits per heavy atom. The predicted molar refractivity (Wildman–Crippen MR) is 158 cm³/mol. The van der Waals surface area contributed by atoms with E-state index in [4.69, 9.17) is 34.0 Å². The highest BCUT2D eigenvalue weighted by molar-refractivity contribution is 5.95. The molecule has 3 rings (SSSR count). The van der Waals surface area contributed by atoms with E-state index in [-0.39, 0.29) is 24.1 Å². The first-order valence-corrected chi connectivity index (χ1v) is 13.6. The van der Waals surface area contributed by atoms with E-state index in [9.17, 15) is 14.7 Å². The van der Waals surface area contributed by atoms with Crippen LogP contribution in [0.2, 0.25) is 0 Å². The van der Waals surface area contributed by atoms with Gasteiger partial charge in [-0.15, -0.1) is 0 Å². The molecule has 4 atom stereocenters. The van der Waals surface area contributed by atoms with E-state index in [1.54, 1.807) is 81.5 Å². The van der Waals surface area contributed by atoms with E-state index in [0.29, 0.717) is 29.7 Å². The van der Waals surface area contributed by atoms with E-state index in [0.717, 1.165) is 0 Å². The number of carbonyl (C=O) groups is 2. The number of aromatic carboxylic acids is 1. The van der Waals surface area contributed by atoms with Gasteiger partial charge in [-0.25, -0.2) is 9.59 Å². The molecule has 1 aliphatic heterocycles. The van der Waals surface area contributed by atoms with Gasteiger partial charge in [-0.3, -0.25) is 0 Å². The number of esters is 1. The summed E-state index contributed by atoms with van der Waals surface area (Å²) in [6.45, 7) is 5.16. The summed E-state index contributed by atoms with van der Waals surface area (Å²) in [6, 6.07) is 11.4. The Balaban J connectivity index is 1.90. The third-order valence-corrected chi connectivity index (χ3v) is 6.40. The molecule has 1 saturated heterocycles. The highest BCUT2D eigenvalue weighted by Crippen LogP contribution is 2.35. The van der Waals surface area contributed by atoms with Crippen molar-refractivity contribution in [3.05, 3.63) is 87.8 Å². The number of carboxylic acid groups (broad SMARTS) is 1. The molecular weight excluding hydrogens is 558 g/mol. The number of azide groups is 1. The maximum absolute atomic E-state index is 13.0. The Hall–Kier alpha value is -4.35. The first-order valence-electron chi connectivity index (χ1n) is 13.6. The lowest BCUT2D eigenvalue weighted by Crippen LogP contribution is -2.37. The summed E-state index contributed by atoms with van der Waals surface area (Å²) < 4.78 is 34.1. The summed E-state index contributed by atoms with van der Waals surface area (Å²) in [5.41, 5.74) is 9.40. The summed E-state index contributed by atoms with van der Waals surface area (Å²) in [5.74, 6) is -2.20. The van der Waals surface area contributed by atoms with Gasteiger partial charge in [-0.05, 0) is 62.1 Å². The van der Waals surface area contributed by atoms with E-state index in [1.807, 2.05) is 0 Å². The summed E-state index contributed by atoms with van der Waals surface area (Å²) in [7, 11) is 2.90. The molecule has 12 heteroatoms. The van der Waals surface area contributed by atoms with Crippen LogP contribution in [0.4, 0.5) is 0 Å². The maximum Gasteiger partial charge on any atom is 0.340 e. The minimum Gasteiger partial charge on any atom is -0.497 e. The topological polar surface area (TPSA) is 159 Å². The molecule has 0 amide bonds. The summed E-state index contributed by atoms with van der Waals surface area (Å²) in [5, 5.41) is 13.6. The molecule has 0 bridgehead atoms. The monoisotopic (exact) mass is 595 g/mol. The van der Waals surface area contributed by atoms with E-state index < -0.39 is 36.0 Å². The van der Waals surface area contributed by atoms with Crippen LogP contribution in [-0.4, -0.2) is 68.2 Å². The molecule has 1 fully saturated rings. The van der Waals surface area contributed by atoms with Gasteiger partial charge in [0.15, 0.2) is 12.6 Å². The molecule has 43 heavy (non-hydrogen) atoms. The highest BCUT2D eigenvalue weighted by atomic mass is 16.8. The SMILES string of the molecule is COCOc1cc(OC)cc(C=CC[C@@H]2OC(C)(C)O[C@@H]2C(C=CC[C@H](C)N=[N+]=[N-])OC(=O)c2ccccc2)c1C(=O)O. The van der Waals surface area contributed by atoms with Crippen LogP contribution in [-0.2, 0) is 18.9 Å². The zero-order valence-electron chi connectivity index (χ0n) is 24.8. The average molecular weight is 596 g/mol. The summed E-state index contributed by atoms with van der Waals surface area (Å²) >= 11 is 0. The van der Waals surface area contributed by atoms with Gasteiger partial charge in [0.1, 0.15) is 29.3 Å². The highest BCUT2D eigenvalue weighted by Gasteiger charge is 2.45. The van der Waals surface area contributed by atoms with Crippen molar-refractivity contribution in [1.82, 2.24) is 0 Å². The molecule has 1 unspecified atom stereocenters. The Morgan fingerprint density at radius 1 is 1.16 bits per heavy atom. The van der Waals surface area contributed by atoms with Crippen molar-refractivity contribution in [3.63, 3.8) is 0 Å². The third-order valence-electron chi connectivity index (χ3n) is 6.40. The molecule has 0 aromatic heterocycles. The minimum atomic E-state index is -1.18. The predicted octanol–water partition coefficient (Wildman–Crippen LogP) is 6.17. The molecule has 0 aliphatic carbocycles. The minimum absolute atomic E-state index is 0.0543. The van der Waals surface area contributed by atoms with Crippen LogP contribution < -0.4 is 9.47 Å². The molecule has 1 N–H and O–H groups in total. The van der Waals surface area contributed by atoms with Gasteiger partial charge in [0.05, 0.1) is 18.8 Å². The number of methoxy groups -OCH3 is 2. The number of carbonyl (C=O) groups excluding carboxylic acids is 1. The lowest BCUT2D eigenvalue weighted by Gasteiger charge is -2.24. The fourth-order valence-corrected chi connectivity index (χ4v) is 4.50. The standard InChI is InChI=1S/C31H37N3O9/c1-20(33-34-32)11-9-15-24(41-30(37)21-12-7-6-8-13-21)28-25(42-31(2,3)43-28)16-10-14-22-17-23(39-5)18-26(40-19-38-4)27(22)29(35)36/h6-10,12-15,17-18,20,24-25,28H,11,16,19H2,1-5H3,(H,35,36)/t20-,24?,25-,28+/m0/s1. The second-order valence-electron chi connectivity index (χ2n) is 10.2. The molecule has 1 aliphatic rings. The smallest absolute Gasteiger partial charge is 0.340 e. The molecule has 1 heterocycles. The molecular formula is C31H37N3O9. The van der Waals surface area contributed by atoms with Gasteiger partial charge in [0, 0.05) is 24.1 Å². The summed E-state index contributed by atoms with van der Waals surface area (Å²) in [4.78, 5) is 28.0. The number of benzene rings is 2. The molecule has 0 spiro atoms. The quantitative estimate of drug-likeness (QED) is 0.0634. The Morgan fingerprint density at radius 3 is 2.56 bits per heavy atom. The number of ether oxygens (including phenoxy) is 6. The molecule has 230 valence electrons. The van der Waals surface area contributed by atoms with E-state index in [2.05, 4.69) is 10.0 Å². The van der Waals surface area contributed by atoms with E-state index >= 15 is 0 Å². The number of hydrogen-bond donors (Lipinski definition) is 1. The lowest BCUT2D eigenvalue weighted by molar-refractivity contribution is -0.152. The molecule has 2 aromatic carbocycles. The van der Waals surface area contributed by atoms with Crippen LogP contribution in [0.5, 0.6) is 11.5 Å². The zero-order chi connectivity index (χ0) is 31.4. The molecule has 0 saturated carbocycles. The van der Waals surface area contributed by atoms with Crippen molar-refractivity contribution >= 4 is 18.0 Å². The molecule has 0 radical (unpaired) electrons. The van der Waals surface area contributed by atoms with Gasteiger partial charge in [0.2, 0.25) is 0 Å². The van der Waals surface area contributed by atoms with Gasteiger partial charge in [-0.2, -0.15) is 0 Å². The van der Waals surface area contributed by atoms with Crippen molar-refractivity contribution in [2.24, 2.45) is 5.11 Å². The van der Waals surface area contributed by atoms with Crippen molar-refractivity contribution in [1.29, 1.82) is 0 Å². The number of carboxylic acids is 1. The second kappa shape index (κ2) is 15.8. The molecule has 12 nitrogen and oxygen atoms in total. The van der Waals surface area contributed by atoms with Crippen LogP contribution in [0.1, 0.15) is 59.9 Å². The van der Waals surface area contributed by atoms with Gasteiger partial charge < -0.3 is 33.5 Å². The fourth-order valence-electron chi connectivity index (χ4n) is 4.50. The first-order chi connectivity index (χ1) is 20.6. The fraction of sp³-hybridized carbons (Fsp3) is 0.419. The normalized spacial score (nSPS) is 19.1. The van der Waals surface area contributed by atoms with Crippen molar-refractivity contribution in [2.75, 3.05) is 21.0 Å². The largest absolute Gasteiger partial charge is 0.497 e. The average Bonchev–Trinajstić information content (AvgIpc) is 3.29. The number of hydrogen-bond acceptors (Lipinski definition) is 9. The maximum atomic E-state index is 13.0. The van der Waals surface area contributed by atoms with Crippen LogP contribution in [0.25, 0.3) is 16.5 Å². The Bertz CT molecular complexity index is 1350. The van der Waals surface area contributed by atoms with Crippen LogP contribution >= 0.6 is 0 Å². The second-order valence-corrected chi connectivity index (χ2v) is 10.2. The lowest BCUT2D eigenvalue weighted by atomic mass is 10.0. The first kappa shape index (κ1) is 33.2. The van der Waals surface area contributed by atoms with Crippen molar-refractivity contribution in [2.45, 2.75) is 63.8 Å². The van der Waals surface area contributed by atoms with Gasteiger partial charge in [-0.1, -0.05) is 48.5 Å². The van der Waals surface area contributed by atoms with E-state index in [1.165, 1.54) is 20.3 Å². The van der Waals surface area contributed by atoms with Crippen LogP contribution in [0.15, 0.2) is 65.8 Å². The van der Waals surface area contributed by atoms with Crippen LogP contribution in [0.3, 0.4) is 0 Å². The molecule has 2 aromatic rings. The number of rotatable bonds is 15. The summed E-state index contributed by atoms with van der Waals surface area (Å²) in [6.07, 6.45) is 5.48. The Labute approximate surface area is 250 Å². The van der Waals surface area contributed by atoms with Gasteiger partial charge >= 0.3 is 11.9 Å². The van der Waals surface area contributed by atoms with Crippen molar-refractivity contribution < 1.29 is 43.1 Å².